The molecule has 1 aliphatic rings. The number of alkyl halides is 1. The quantitative estimate of drug-likeness (QED) is 0.716. The fourth-order valence-electron chi connectivity index (χ4n) is 2.90. The monoisotopic (exact) mass is 266 g/mol. The number of aryl methyl sites for hydroxylation is 2. The van der Waals surface area contributed by atoms with E-state index >= 15 is 0 Å². The van der Waals surface area contributed by atoms with E-state index in [1.807, 2.05) is 0 Å². The number of ether oxygens (including phenoxy) is 1. The van der Waals surface area contributed by atoms with E-state index in [2.05, 4.69) is 33.8 Å². The molecule has 1 aromatic carbocycles. The second kappa shape index (κ2) is 5.63. The molecule has 1 aliphatic heterocycles. The van der Waals surface area contributed by atoms with Crippen molar-refractivity contribution >= 4 is 11.6 Å². The van der Waals surface area contributed by atoms with Gasteiger partial charge in [0.25, 0.3) is 0 Å². The molecule has 2 unspecified atom stereocenters. The zero-order valence-electron chi connectivity index (χ0n) is 11.8. The lowest BCUT2D eigenvalue weighted by Crippen LogP contribution is -2.11. The van der Waals surface area contributed by atoms with Crippen LogP contribution in [0, 0.1) is 27.7 Å². The van der Waals surface area contributed by atoms with E-state index in [1.54, 1.807) is 0 Å². The number of rotatable bonds is 3. The second-order valence-corrected chi connectivity index (χ2v) is 6.04. The standard InChI is InChI=1S/C16H23ClO/c1-10-8-11(2)13(4)16(12(10)3)15(17)9-14-6-5-7-18-14/h8,14-15H,5-7,9H2,1-4H3. The van der Waals surface area contributed by atoms with Gasteiger partial charge in [-0.05, 0) is 74.8 Å². The van der Waals surface area contributed by atoms with E-state index in [-0.39, 0.29) is 5.38 Å². The van der Waals surface area contributed by atoms with Gasteiger partial charge in [-0.1, -0.05) is 6.07 Å². The summed E-state index contributed by atoms with van der Waals surface area (Å²) < 4.78 is 5.70. The maximum atomic E-state index is 6.66. The number of hydrogen-bond acceptors (Lipinski definition) is 1. The third-order valence-corrected chi connectivity index (χ3v) is 4.63. The first-order valence-electron chi connectivity index (χ1n) is 6.83. The summed E-state index contributed by atoms with van der Waals surface area (Å²) in [6.07, 6.45) is 3.63. The molecule has 0 spiro atoms. The van der Waals surface area contributed by atoms with Crippen molar-refractivity contribution in [3.8, 4) is 0 Å². The summed E-state index contributed by atoms with van der Waals surface area (Å²) in [5.74, 6) is 0. The second-order valence-electron chi connectivity index (χ2n) is 5.51. The molecule has 0 bridgehead atoms. The van der Waals surface area contributed by atoms with Crippen molar-refractivity contribution in [1.29, 1.82) is 0 Å². The molecule has 1 fully saturated rings. The molecule has 0 N–H and O–H groups in total. The van der Waals surface area contributed by atoms with Crippen molar-refractivity contribution in [3.05, 3.63) is 33.9 Å². The lowest BCUT2D eigenvalue weighted by molar-refractivity contribution is 0.103. The third kappa shape index (κ3) is 2.73. The van der Waals surface area contributed by atoms with Gasteiger partial charge < -0.3 is 4.74 Å². The van der Waals surface area contributed by atoms with Gasteiger partial charge in [0, 0.05) is 6.61 Å². The number of halogens is 1. The molecule has 2 atom stereocenters. The van der Waals surface area contributed by atoms with E-state index in [9.17, 15) is 0 Å². The molecule has 1 aromatic rings. The molecule has 1 saturated heterocycles. The fraction of sp³-hybridized carbons (Fsp3) is 0.625. The smallest absolute Gasteiger partial charge is 0.0615 e. The van der Waals surface area contributed by atoms with E-state index < -0.39 is 0 Å². The van der Waals surface area contributed by atoms with Crippen LogP contribution < -0.4 is 0 Å². The number of hydrogen-bond donors (Lipinski definition) is 0. The van der Waals surface area contributed by atoms with Gasteiger partial charge in [0.15, 0.2) is 0 Å². The molecule has 0 radical (unpaired) electrons. The van der Waals surface area contributed by atoms with Crippen LogP contribution in [-0.2, 0) is 4.74 Å². The summed E-state index contributed by atoms with van der Waals surface area (Å²) >= 11 is 6.66. The molecule has 2 heteroatoms. The van der Waals surface area contributed by atoms with Crippen molar-refractivity contribution in [2.75, 3.05) is 6.61 Å². The maximum Gasteiger partial charge on any atom is 0.0615 e. The van der Waals surface area contributed by atoms with Crippen molar-refractivity contribution in [1.82, 2.24) is 0 Å². The minimum atomic E-state index is 0.0756. The minimum absolute atomic E-state index is 0.0756. The molecular weight excluding hydrogens is 244 g/mol. The molecule has 0 aromatic heterocycles. The number of benzene rings is 1. The molecule has 2 rings (SSSR count). The van der Waals surface area contributed by atoms with Gasteiger partial charge >= 0.3 is 0 Å². The predicted octanol–water partition coefficient (Wildman–Crippen LogP) is 4.77. The average Bonchev–Trinajstić information content (AvgIpc) is 2.79. The Morgan fingerprint density at radius 3 is 2.33 bits per heavy atom. The summed E-state index contributed by atoms with van der Waals surface area (Å²) in [6, 6.07) is 2.25. The SMILES string of the molecule is Cc1cc(C)c(C)c(C(Cl)CC2CCCO2)c1C. The van der Waals surface area contributed by atoms with E-state index in [1.165, 1.54) is 34.2 Å². The van der Waals surface area contributed by atoms with Crippen LogP contribution in [0.3, 0.4) is 0 Å². The highest BCUT2D eigenvalue weighted by Gasteiger charge is 2.23. The van der Waals surface area contributed by atoms with Crippen molar-refractivity contribution in [2.45, 2.75) is 58.4 Å². The van der Waals surface area contributed by atoms with Crippen molar-refractivity contribution in [2.24, 2.45) is 0 Å². The molecule has 100 valence electrons. The van der Waals surface area contributed by atoms with Gasteiger partial charge in [0.05, 0.1) is 11.5 Å². The Labute approximate surface area is 115 Å². The zero-order valence-corrected chi connectivity index (χ0v) is 12.6. The minimum Gasteiger partial charge on any atom is -0.378 e. The Morgan fingerprint density at radius 1 is 1.22 bits per heavy atom. The zero-order chi connectivity index (χ0) is 13.3. The molecule has 1 nitrogen and oxygen atoms in total. The summed E-state index contributed by atoms with van der Waals surface area (Å²) in [6.45, 7) is 9.60. The Morgan fingerprint density at radius 2 is 1.83 bits per heavy atom. The molecule has 18 heavy (non-hydrogen) atoms. The van der Waals surface area contributed by atoms with Gasteiger partial charge in [-0.25, -0.2) is 0 Å². The molecular formula is C16H23ClO. The van der Waals surface area contributed by atoms with E-state index in [0.717, 1.165) is 19.4 Å². The third-order valence-electron chi connectivity index (χ3n) is 4.23. The van der Waals surface area contributed by atoms with Crippen LogP contribution >= 0.6 is 11.6 Å². The van der Waals surface area contributed by atoms with Gasteiger partial charge in [-0.3, -0.25) is 0 Å². The highest BCUT2D eigenvalue weighted by molar-refractivity contribution is 6.21. The summed E-state index contributed by atoms with van der Waals surface area (Å²) in [5, 5.41) is 0.0756. The van der Waals surface area contributed by atoms with E-state index in [4.69, 9.17) is 16.3 Å². The van der Waals surface area contributed by atoms with Crippen LogP contribution in [0.15, 0.2) is 6.07 Å². The lowest BCUT2D eigenvalue weighted by Gasteiger charge is -2.21. The Bertz CT molecular complexity index is 407. The van der Waals surface area contributed by atoms with Crippen LogP contribution in [0.25, 0.3) is 0 Å². The van der Waals surface area contributed by atoms with Crippen LogP contribution in [-0.4, -0.2) is 12.7 Å². The first-order valence-corrected chi connectivity index (χ1v) is 7.27. The summed E-state index contributed by atoms with van der Waals surface area (Å²) in [4.78, 5) is 0. The van der Waals surface area contributed by atoms with Gasteiger partial charge in [0.1, 0.15) is 0 Å². The summed E-state index contributed by atoms with van der Waals surface area (Å²) in [5.41, 5.74) is 6.69. The van der Waals surface area contributed by atoms with Gasteiger partial charge in [0.2, 0.25) is 0 Å². The van der Waals surface area contributed by atoms with Crippen LogP contribution in [0.1, 0.15) is 52.5 Å². The Kier molecular flexibility index (Phi) is 4.34. The predicted molar refractivity (Wildman–Crippen MR) is 77.6 cm³/mol. The largest absolute Gasteiger partial charge is 0.378 e. The fourth-order valence-corrected chi connectivity index (χ4v) is 3.42. The maximum absolute atomic E-state index is 6.66. The molecule has 0 saturated carbocycles. The van der Waals surface area contributed by atoms with Crippen LogP contribution in [0.4, 0.5) is 0 Å². The summed E-state index contributed by atoms with van der Waals surface area (Å²) in [7, 11) is 0. The van der Waals surface area contributed by atoms with Crippen LogP contribution in [0.2, 0.25) is 0 Å². The average molecular weight is 267 g/mol. The highest BCUT2D eigenvalue weighted by Crippen LogP contribution is 2.36. The van der Waals surface area contributed by atoms with Crippen LogP contribution in [0.5, 0.6) is 0 Å². The van der Waals surface area contributed by atoms with Crippen molar-refractivity contribution in [3.63, 3.8) is 0 Å². The molecule has 0 amide bonds. The topological polar surface area (TPSA) is 9.23 Å². The first-order chi connectivity index (χ1) is 8.50. The molecule has 0 aliphatic carbocycles. The normalized spacial score (nSPS) is 21.3. The Hall–Kier alpha value is -0.530. The van der Waals surface area contributed by atoms with E-state index in [0.29, 0.717) is 6.10 Å². The van der Waals surface area contributed by atoms with Gasteiger partial charge in [-0.2, -0.15) is 0 Å². The van der Waals surface area contributed by atoms with Gasteiger partial charge in [-0.15, -0.1) is 11.6 Å². The molecule has 1 heterocycles. The Balaban J connectivity index is 2.25. The highest BCUT2D eigenvalue weighted by atomic mass is 35.5. The lowest BCUT2D eigenvalue weighted by atomic mass is 9.90. The first kappa shape index (κ1) is 13.9. The van der Waals surface area contributed by atoms with Crippen molar-refractivity contribution < 1.29 is 4.74 Å².